The van der Waals surface area contributed by atoms with Gasteiger partial charge in [0, 0.05) is 33.2 Å². The summed E-state index contributed by atoms with van der Waals surface area (Å²) >= 11 is 0. The fourth-order valence-electron chi connectivity index (χ4n) is 3.83. The van der Waals surface area contributed by atoms with Gasteiger partial charge in [0.15, 0.2) is 5.96 Å². The fraction of sp³-hybridized carbons (Fsp3) is 0.941. The molecule has 27 heavy (non-hydrogen) atoms. The van der Waals surface area contributed by atoms with Crippen LogP contribution in [0.2, 0.25) is 0 Å². The van der Waals surface area contributed by atoms with Crippen LogP contribution in [0, 0.1) is 11.8 Å². The van der Waals surface area contributed by atoms with Crippen LogP contribution in [0.25, 0.3) is 0 Å². The lowest BCUT2D eigenvalue weighted by Gasteiger charge is -2.31. The number of nitrogens with zero attached hydrogens (tertiary/aromatic N) is 2. The first kappa shape index (κ1) is 22.3. The maximum Gasteiger partial charge on any atom is 0.511 e. The molecule has 0 aromatic carbocycles. The van der Waals surface area contributed by atoms with E-state index in [4.69, 9.17) is 0 Å². The minimum atomic E-state index is -5.22. The van der Waals surface area contributed by atoms with E-state index >= 15 is 0 Å². The molecule has 0 atom stereocenters. The number of nitrogens with one attached hydrogen (secondary N) is 2. The Bertz CT molecular complexity index is 581. The van der Waals surface area contributed by atoms with E-state index in [1.165, 1.54) is 32.1 Å². The first-order valence-corrected chi connectivity index (χ1v) is 11.2. The zero-order chi connectivity index (χ0) is 19.9. The first-order valence-electron chi connectivity index (χ1n) is 9.75. The predicted molar refractivity (Wildman–Crippen MR) is 99.8 cm³/mol. The Hall–Kier alpha value is -1.03. The average molecular weight is 413 g/mol. The summed E-state index contributed by atoms with van der Waals surface area (Å²) in [5, 5.41) is 6.50. The van der Waals surface area contributed by atoms with Crippen LogP contribution >= 0.6 is 0 Å². The monoisotopic (exact) mass is 412 g/mol. The van der Waals surface area contributed by atoms with Gasteiger partial charge in [0.2, 0.25) is 0 Å². The van der Waals surface area contributed by atoms with Gasteiger partial charge in [-0.25, -0.2) is 8.42 Å². The second-order valence-electron chi connectivity index (χ2n) is 7.47. The van der Waals surface area contributed by atoms with E-state index in [1.54, 1.807) is 7.05 Å². The normalized spacial score (nSPS) is 22.0. The summed E-state index contributed by atoms with van der Waals surface area (Å²) in [5.74, 6) is 1.60. The molecule has 0 unspecified atom stereocenters. The fourth-order valence-corrected chi connectivity index (χ4v) is 4.82. The maximum absolute atomic E-state index is 12.6. The maximum atomic E-state index is 12.6. The van der Waals surface area contributed by atoms with Gasteiger partial charge < -0.3 is 10.6 Å². The van der Waals surface area contributed by atoms with Gasteiger partial charge in [0.1, 0.15) is 0 Å². The summed E-state index contributed by atoms with van der Waals surface area (Å²) in [4.78, 5) is 4.18. The highest BCUT2D eigenvalue weighted by molar-refractivity contribution is 7.90. The van der Waals surface area contributed by atoms with Crippen molar-refractivity contribution in [1.82, 2.24) is 14.9 Å². The molecule has 0 spiro atoms. The lowest BCUT2D eigenvalue weighted by atomic mass is 9.87. The van der Waals surface area contributed by atoms with E-state index in [2.05, 4.69) is 15.6 Å². The Balaban J connectivity index is 1.67. The number of hydrogen-bond donors (Lipinski definition) is 2. The summed E-state index contributed by atoms with van der Waals surface area (Å²) in [7, 11) is -3.52. The van der Waals surface area contributed by atoms with Crippen molar-refractivity contribution in [2.24, 2.45) is 16.8 Å². The summed E-state index contributed by atoms with van der Waals surface area (Å²) in [5.41, 5.74) is -5.22. The van der Waals surface area contributed by atoms with Gasteiger partial charge in [-0.15, -0.1) is 0 Å². The van der Waals surface area contributed by atoms with Gasteiger partial charge in [-0.1, -0.05) is 32.1 Å². The zero-order valence-electron chi connectivity index (χ0n) is 15.9. The molecule has 158 valence electrons. The molecule has 2 rings (SSSR count). The Labute approximate surface area is 160 Å². The smallest absolute Gasteiger partial charge is 0.356 e. The highest BCUT2D eigenvalue weighted by Gasteiger charge is 2.50. The van der Waals surface area contributed by atoms with Crippen molar-refractivity contribution in [3.8, 4) is 0 Å². The number of aliphatic imine (C=N–C) groups is 1. The largest absolute Gasteiger partial charge is 0.511 e. The molecular formula is C17H31F3N4O2S. The first-order chi connectivity index (χ1) is 12.7. The van der Waals surface area contributed by atoms with E-state index in [9.17, 15) is 21.6 Å². The third-order valence-corrected chi connectivity index (χ3v) is 7.19. The second-order valence-corrected chi connectivity index (χ2v) is 9.40. The van der Waals surface area contributed by atoms with E-state index in [0.29, 0.717) is 29.7 Å². The molecule has 1 aliphatic carbocycles. The Morgan fingerprint density at radius 2 is 1.67 bits per heavy atom. The summed E-state index contributed by atoms with van der Waals surface area (Å²) in [6, 6.07) is 0. The average Bonchev–Trinajstić information content (AvgIpc) is 2.65. The third kappa shape index (κ3) is 6.51. The molecule has 6 nitrogen and oxygen atoms in total. The van der Waals surface area contributed by atoms with Crippen molar-refractivity contribution < 1.29 is 21.6 Å². The van der Waals surface area contributed by atoms with E-state index in [-0.39, 0.29) is 19.0 Å². The number of halogens is 3. The molecule has 0 aromatic heterocycles. The molecule has 1 saturated carbocycles. The van der Waals surface area contributed by atoms with Crippen molar-refractivity contribution in [2.45, 2.75) is 56.9 Å². The molecule has 0 radical (unpaired) electrons. The van der Waals surface area contributed by atoms with Crippen LogP contribution in [0.1, 0.15) is 51.4 Å². The van der Waals surface area contributed by atoms with Gasteiger partial charge in [-0.2, -0.15) is 17.5 Å². The highest BCUT2D eigenvalue weighted by Crippen LogP contribution is 2.30. The van der Waals surface area contributed by atoms with Crippen molar-refractivity contribution in [3.05, 3.63) is 0 Å². The molecule has 10 heteroatoms. The van der Waals surface area contributed by atoms with Crippen molar-refractivity contribution in [3.63, 3.8) is 0 Å². The lowest BCUT2D eigenvalue weighted by molar-refractivity contribution is -0.0496. The van der Waals surface area contributed by atoms with Crippen molar-refractivity contribution in [1.29, 1.82) is 0 Å². The molecule has 1 aliphatic heterocycles. The van der Waals surface area contributed by atoms with Gasteiger partial charge >= 0.3 is 15.5 Å². The number of guanidine groups is 1. The van der Waals surface area contributed by atoms with Gasteiger partial charge in [0.05, 0.1) is 0 Å². The molecule has 1 heterocycles. The van der Waals surface area contributed by atoms with Crippen molar-refractivity contribution in [2.75, 3.05) is 33.2 Å². The van der Waals surface area contributed by atoms with E-state index < -0.39 is 15.5 Å². The SMILES string of the molecule is CN=C(NCCC1CCCCC1)NCC1CCN(S(=O)(=O)C(F)(F)F)CC1. The summed E-state index contributed by atoms with van der Waals surface area (Å²) in [6.07, 6.45) is 8.51. The second kappa shape index (κ2) is 9.95. The number of piperidine rings is 1. The van der Waals surface area contributed by atoms with Crippen molar-refractivity contribution >= 4 is 16.0 Å². The van der Waals surface area contributed by atoms with E-state index in [1.807, 2.05) is 0 Å². The number of sulfonamides is 1. The minimum Gasteiger partial charge on any atom is -0.356 e. The topological polar surface area (TPSA) is 73.8 Å². The quantitative estimate of drug-likeness (QED) is 0.520. The molecule has 0 aromatic rings. The molecule has 2 aliphatic rings. The summed E-state index contributed by atoms with van der Waals surface area (Å²) in [6.45, 7) is 1.24. The molecule has 0 bridgehead atoms. The predicted octanol–water partition coefficient (Wildman–Crippen LogP) is 2.68. The Morgan fingerprint density at radius 3 is 2.22 bits per heavy atom. The molecule has 0 amide bonds. The Kier molecular flexibility index (Phi) is 8.20. The van der Waals surface area contributed by atoms with Crippen LogP contribution in [-0.4, -0.2) is 57.4 Å². The third-order valence-electron chi connectivity index (χ3n) is 5.56. The number of hydrogen-bond acceptors (Lipinski definition) is 3. The summed E-state index contributed by atoms with van der Waals surface area (Å²) < 4.78 is 61.2. The van der Waals surface area contributed by atoms with E-state index in [0.717, 1.165) is 18.9 Å². The lowest BCUT2D eigenvalue weighted by Crippen LogP contribution is -2.47. The van der Waals surface area contributed by atoms with Crippen LogP contribution in [0.15, 0.2) is 4.99 Å². The molecule has 2 N–H and O–H groups in total. The van der Waals surface area contributed by atoms with Gasteiger partial charge in [-0.05, 0) is 31.1 Å². The van der Waals surface area contributed by atoms with Crippen LogP contribution in [0.4, 0.5) is 13.2 Å². The molecule has 1 saturated heterocycles. The standard InChI is InChI=1S/C17H31F3N4O2S/c1-21-16(22-10-7-14-5-3-2-4-6-14)23-13-15-8-11-24(12-9-15)27(25,26)17(18,19)20/h14-15H,2-13H2,1H3,(H2,21,22,23). The van der Waals surface area contributed by atoms with Crippen LogP contribution in [0.5, 0.6) is 0 Å². The van der Waals surface area contributed by atoms with Crippen LogP contribution < -0.4 is 10.6 Å². The van der Waals surface area contributed by atoms with Crippen LogP contribution in [-0.2, 0) is 10.0 Å². The minimum absolute atomic E-state index is 0.0953. The zero-order valence-corrected chi connectivity index (χ0v) is 16.7. The van der Waals surface area contributed by atoms with Gasteiger partial charge in [0.25, 0.3) is 0 Å². The molecule has 2 fully saturated rings. The van der Waals surface area contributed by atoms with Crippen LogP contribution in [0.3, 0.4) is 0 Å². The number of alkyl halides is 3. The Morgan fingerprint density at radius 1 is 1.04 bits per heavy atom. The molecular weight excluding hydrogens is 381 g/mol. The highest BCUT2D eigenvalue weighted by atomic mass is 32.2. The van der Waals surface area contributed by atoms with Gasteiger partial charge in [-0.3, -0.25) is 4.99 Å². The number of rotatable bonds is 6.